The summed E-state index contributed by atoms with van der Waals surface area (Å²) in [5.74, 6) is -3.07. The van der Waals surface area contributed by atoms with Crippen LogP contribution in [0.5, 0.6) is 5.75 Å². The summed E-state index contributed by atoms with van der Waals surface area (Å²) in [4.78, 5) is 14.7. The molecule has 0 radical (unpaired) electrons. The summed E-state index contributed by atoms with van der Waals surface area (Å²) in [6.07, 6.45) is -16.0. The average Bonchev–Trinajstić information content (AvgIpc) is 2.45. The second-order valence-corrected chi connectivity index (χ2v) is 5.09. The van der Waals surface area contributed by atoms with Crippen LogP contribution in [0.25, 0.3) is 11.1 Å². The van der Waals surface area contributed by atoms with Gasteiger partial charge in [-0.25, -0.2) is 4.98 Å². The van der Waals surface area contributed by atoms with E-state index in [1.165, 1.54) is 0 Å². The number of rotatable bonds is 2. The fourth-order valence-electron chi connectivity index (χ4n) is 2.17. The van der Waals surface area contributed by atoms with Crippen LogP contribution in [0.4, 0.5) is 39.5 Å². The van der Waals surface area contributed by atoms with Crippen LogP contribution in [-0.4, -0.2) is 15.9 Å². The summed E-state index contributed by atoms with van der Waals surface area (Å²) in [6.45, 7) is 0. The first-order valence-electron chi connectivity index (χ1n) is 6.73. The van der Waals surface area contributed by atoms with Crippen molar-refractivity contribution >= 4 is 0 Å². The van der Waals surface area contributed by atoms with Gasteiger partial charge < -0.3 is 4.74 Å². The third kappa shape index (κ3) is 4.52. The lowest BCUT2D eigenvalue weighted by Gasteiger charge is -2.18. The van der Waals surface area contributed by atoms with Gasteiger partial charge >= 0.3 is 18.7 Å². The fraction of sp³-hybridized carbons (Fsp3) is 0.286. The molecule has 0 amide bonds. The maximum Gasteiger partial charge on any atom is 0.573 e. The lowest BCUT2D eigenvalue weighted by atomic mass is 10.0. The molecule has 1 aromatic carbocycles. The van der Waals surface area contributed by atoms with E-state index in [-0.39, 0.29) is 4.57 Å². The Hall–Kier alpha value is -2.73. The molecular weight excluding hydrogens is 399 g/mol. The molecule has 1 heterocycles. The number of aromatic nitrogens is 2. The summed E-state index contributed by atoms with van der Waals surface area (Å²) in [6, 6.07) is 2.83. The number of ether oxygens (including phenoxy) is 1. The van der Waals surface area contributed by atoms with Crippen molar-refractivity contribution in [1.29, 1.82) is 0 Å². The number of benzene rings is 1. The molecule has 27 heavy (non-hydrogen) atoms. The van der Waals surface area contributed by atoms with E-state index in [1.54, 1.807) is 0 Å². The van der Waals surface area contributed by atoms with Crippen molar-refractivity contribution in [2.24, 2.45) is 7.05 Å². The van der Waals surface area contributed by atoms with E-state index >= 15 is 0 Å². The van der Waals surface area contributed by atoms with Gasteiger partial charge in [0.15, 0.2) is 5.69 Å². The van der Waals surface area contributed by atoms with Crippen molar-refractivity contribution in [3.05, 3.63) is 46.1 Å². The Morgan fingerprint density at radius 2 is 1.56 bits per heavy atom. The Morgan fingerprint density at radius 3 is 2.04 bits per heavy atom. The van der Waals surface area contributed by atoms with Crippen LogP contribution < -0.4 is 10.3 Å². The molecule has 0 aliphatic heterocycles. The molecule has 1 aromatic heterocycles. The highest BCUT2D eigenvalue weighted by atomic mass is 19.4. The molecular formula is C14H7F9N2O2. The zero-order valence-electron chi connectivity index (χ0n) is 12.9. The maximum atomic E-state index is 13.2. The van der Waals surface area contributed by atoms with Gasteiger partial charge in [-0.1, -0.05) is 12.1 Å². The van der Waals surface area contributed by atoms with Gasteiger partial charge in [-0.3, -0.25) is 9.36 Å². The van der Waals surface area contributed by atoms with Gasteiger partial charge in [0, 0.05) is 7.05 Å². The van der Waals surface area contributed by atoms with Crippen molar-refractivity contribution in [3.8, 4) is 16.9 Å². The average molecular weight is 406 g/mol. The largest absolute Gasteiger partial charge is 0.573 e. The highest BCUT2D eigenvalue weighted by molar-refractivity contribution is 5.67. The summed E-state index contributed by atoms with van der Waals surface area (Å²) in [5.41, 5.74) is -6.01. The summed E-state index contributed by atoms with van der Waals surface area (Å²) < 4.78 is 118. The molecule has 0 spiro atoms. The molecule has 0 unspecified atom stereocenters. The summed E-state index contributed by atoms with van der Waals surface area (Å²) in [7, 11) is 0.540. The monoisotopic (exact) mass is 406 g/mol. The number of alkyl halides is 9. The fourth-order valence-corrected chi connectivity index (χ4v) is 2.17. The Kier molecular flexibility index (Phi) is 4.92. The highest BCUT2D eigenvalue weighted by Gasteiger charge is 2.43. The Morgan fingerprint density at radius 1 is 0.963 bits per heavy atom. The van der Waals surface area contributed by atoms with Gasteiger partial charge in [0.1, 0.15) is 5.75 Å². The molecule has 13 heteroatoms. The van der Waals surface area contributed by atoms with Crippen molar-refractivity contribution in [3.63, 3.8) is 0 Å². The molecule has 0 aliphatic rings. The molecule has 0 bridgehead atoms. The predicted molar refractivity (Wildman–Crippen MR) is 71.6 cm³/mol. The van der Waals surface area contributed by atoms with Crippen molar-refractivity contribution in [1.82, 2.24) is 9.55 Å². The Labute approximate surface area is 143 Å². The maximum absolute atomic E-state index is 13.2. The molecule has 0 saturated carbocycles. The first-order chi connectivity index (χ1) is 12.1. The number of hydrogen-bond donors (Lipinski definition) is 0. The van der Waals surface area contributed by atoms with E-state index in [9.17, 15) is 44.3 Å². The van der Waals surface area contributed by atoms with Crippen LogP contribution in [-0.2, 0) is 19.4 Å². The van der Waals surface area contributed by atoms with Crippen molar-refractivity contribution in [2.45, 2.75) is 18.7 Å². The minimum absolute atomic E-state index is 0.165. The molecule has 2 rings (SSSR count). The van der Waals surface area contributed by atoms with E-state index in [2.05, 4.69) is 9.72 Å². The van der Waals surface area contributed by atoms with Gasteiger partial charge in [-0.15, -0.1) is 13.2 Å². The van der Waals surface area contributed by atoms with E-state index < -0.39 is 52.7 Å². The van der Waals surface area contributed by atoms with Gasteiger partial charge in [0.05, 0.1) is 5.56 Å². The van der Waals surface area contributed by atoms with Gasteiger partial charge in [0.2, 0.25) is 5.82 Å². The lowest BCUT2D eigenvalue weighted by molar-refractivity contribution is -0.274. The van der Waals surface area contributed by atoms with Crippen LogP contribution in [0, 0.1) is 0 Å². The van der Waals surface area contributed by atoms with E-state index in [4.69, 9.17) is 0 Å². The Balaban J connectivity index is 2.79. The molecule has 148 valence electrons. The van der Waals surface area contributed by atoms with Crippen LogP contribution in [0.1, 0.15) is 11.5 Å². The molecule has 0 saturated heterocycles. The number of nitrogens with zero attached hydrogens (tertiary/aromatic N) is 2. The molecule has 0 fully saturated rings. The second-order valence-electron chi connectivity index (χ2n) is 5.09. The normalized spacial score (nSPS) is 13.0. The third-order valence-electron chi connectivity index (χ3n) is 3.17. The highest BCUT2D eigenvalue weighted by Crippen LogP contribution is 2.37. The molecule has 4 nitrogen and oxygen atoms in total. The third-order valence-corrected chi connectivity index (χ3v) is 3.17. The predicted octanol–water partition coefficient (Wildman–Crippen LogP) is 4.38. The molecule has 2 aromatic rings. The summed E-state index contributed by atoms with van der Waals surface area (Å²) >= 11 is 0. The van der Waals surface area contributed by atoms with Crippen LogP contribution in [0.15, 0.2) is 29.1 Å². The first-order valence-corrected chi connectivity index (χ1v) is 6.73. The Bertz CT molecular complexity index is 911. The minimum Gasteiger partial charge on any atom is -0.406 e. The number of halogens is 9. The van der Waals surface area contributed by atoms with Crippen LogP contribution in [0.2, 0.25) is 0 Å². The minimum atomic E-state index is -5.48. The van der Waals surface area contributed by atoms with E-state index in [0.717, 1.165) is 18.2 Å². The van der Waals surface area contributed by atoms with Gasteiger partial charge in [0.25, 0.3) is 5.56 Å². The first kappa shape index (κ1) is 20.6. The molecule has 0 atom stereocenters. The van der Waals surface area contributed by atoms with Gasteiger partial charge in [-0.2, -0.15) is 26.3 Å². The summed E-state index contributed by atoms with van der Waals surface area (Å²) in [5, 5.41) is 0. The van der Waals surface area contributed by atoms with Crippen molar-refractivity contribution in [2.75, 3.05) is 0 Å². The smallest absolute Gasteiger partial charge is 0.406 e. The quantitative estimate of drug-likeness (QED) is 0.696. The van der Waals surface area contributed by atoms with E-state index in [0.29, 0.717) is 13.1 Å². The topological polar surface area (TPSA) is 44.1 Å². The standard InChI is InChI=1S/C14H7F9N2O2/c1-25-10(26)8(6-3-2-4-7(5-6)27-14(21,22)23)9(12(15,16)17)24-11(25)13(18,19)20/h2-5H,1H3. The zero-order valence-corrected chi connectivity index (χ0v) is 12.9. The van der Waals surface area contributed by atoms with Crippen molar-refractivity contribution < 1.29 is 44.3 Å². The van der Waals surface area contributed by atoms with Gasteiger partial charge in [-0.05, 0) is 17.7 Å². The molecule has 0 aliphatic carbocycles. The molecule has 0 N–H and O–H groups in total. The SMILES string of the molecule is Cn1c(C(F)(F)F)nc(C(F)(F)F)c(-c2cccc(OC(F)(F)F)c2)c1=O. The lowest BCUT2D eigenvalue weighted by Crippen LogP contribution is -2.32. The van der Waals surface area contributed by atoms with Crippen LogP contribution >= 0.6 is 0 Å². The number of hydrogen-bond acceptors (Lipinski definition) is 3. The zero-order chi connectivity index (χ0) is 20.8. The second kappa shape index (κ2) is 6.46. The van der Waals surface area contributed by atoms with Crippen LogP contribution in [0.3, 0.4) is 0 Å². The van der Waals surface area contributed by atoms with E-state index in [1.807, 2.05) is 0 Å².